The molecule has 0 fully saturated rings. The van der Waals surface area contributed by atoms with Crippen LogP contribution in [0.15, 0.2) is 42.5 Å². The predicted octanol–water partition coefficient (Wildman–Crippen LogP) is 2.73. The van der Waals surface area contributed by atoms with Gasteiger partial charge in [0.15, 0.2) is 0 Å². The van der Waals surface area contributed by atoms with E-state index in [1.165, 1.54) is 5.69 Å². The maximum Gasteiger partial charge on any atom is 0.101 e. The lowest BCUT2D eigenvalue weighted by Gasteiger charge is -2.37. The Morgan fingerprint density at radius 1 is 1.10 bits per heavy atom. The molecule has 20 heavy (non-hydrogen) atoms. The highest BCUT2D eigenvalue weighted by atomic mass is 15.3. The standard InChI is InChI=1S/C16H16N4/c1-19-8-9-20(16-5-3-2-4-15(16)19)13-6-7-14(18)12(10-13)11-17/h2-7,10H,8-9,18H2,1H3. The Kier molecular flexibility index (Phi) is 2.96. The lowest BCUT2D eigenvalue weighted by atomic mass is 10.1. The first kappa shape index (κ1) is 12.4. The molecule has 2 aromatic carbocycles. The van der Waals surface area contributed by atoms with E-state index >= 15 is 0 Å². The molecular formula is C16H16N4. The van der Waals surface area contributed by atoms with Crippen LogP contribution in [0.1, 0.15) is 5.56 Å². The van der Waals surface area contributed by atoms with Crippen molar-refractivity contribution >= 4 is 22.7 Å². The Labute approximate surface area is 118 Å². The third kappa shape index (κ3) is 1.94. The average molecular weight is 264 g/mol. The third-order valence-corrected chi connectivity index (χ3v) is 3.71. The second-order valence-electron chi connectivity index (χ2n) is 4.95. The highest BCUT2D eigenvalue weighted by molar-refractivity contribution is 5.80. The van der Waals surface area contributed by atoms with Gasteiger partial charge in [-0.15, -0.1) is 0 Å². The molecule has 2 aromatic rings. The molecule has 0 amide bonds. The maximum absolute atomic E-state index is 9.12. The number of nitriles is 1. The quantitative estimate of drug-likeness (QED) is 0.805. The van der Waals surface area contributed by atoms with Crippen LogP contribution >= 0.6 is 0 Å². The van der Waals surface area contributed by atoms with Crippen LogP contribution in [0.4, 0.5) is 22.7 Å². The van der Waals surface area contributed by atoms with Crippen LogP contribution in [-0.4, -0.2) is 20.1 Å². The molecule has 0 atom stereocenters. The number of likely N-dealkylation sites (N-methyl/N-ethyl adjacent to an activating group) is 1. The van der Waals surface area contributed by atoms with Gasteiger partial charge in [-0.1, -0.05) is 12.1 Å². The highest BCUT2D eigenvalue weighted by Gasteiger charge is 2.21. The van der Waals surface area contributed by atoms with E-state index in [2.05, 4.69) is 35.0 Å². The Morgan fingerprint density at radius 3 is 2.60 bits per heavy atom. The van der Waals surface area contributed by atoms with Crippen molar-refractivity contribution in [1.29, 1.82) is 5.26 Å². The molecule has 1 heterocycles. The minimum atomic E-state index is 0.527. The fourth-order valence-corrected chi connectivity index (χ4v) is 2.58. The smallest absolute Gasteiger partial charge is 0.101 e. The first-order valence-electron chi connectivity index (χ1n) is 6.58. The summed E-state index contributed by atoms with van der Waals surface area (Å²) in [5.41, 5.74) is 10.2. The van der Waals surface area contributed by atoms with Gasteiger partial charge in [-0.05, 0) is 30.3 Å². The first-order valence-corrected chi connectivity index (χ1v) is 6.58. The lowest BCUT2D eigenvalue weighted by molar-refractivity contribution is 0.822. The van der Waals surface area contributed by atoms with Gasteiger partial charge in [-0.3, -0.25) is 0 Å². The number of anilines is 4. The number of nitrogens with two attached hydrogens (primary N) is 1. The molecule has 100 valence electrons. The zero-order chi connectivity index (χ0) is 14.1. The molecule has 4 heteroatoms. The van der Waals surface area contributed by atoms with Gasteiger partial charge in [-0.25, -0.2) is 0 Å². The summed E-state index contributed by atoms with van der Waals surface area (Å²) < 4.78 is 0. The number of nitrogen functional groups attached to an aromatic ring is 1. The minimum absolute atomic E-state index is 0.527. The fraction of sp³-hybridized carbons (Fsp3) is 0.188. The van der Waals surface area contributed by atoms with E-state index in [4.69, 9.17) is 11.0 Å². The van der Waals surface area contributed by atoms with Gasteiger partial charge in [0, 0.05) is 31.5 Å². The molecule has 4 nitrogen and oxygen atoms in total. The van der Waals surface area contributed by atoms with Crippen LogP contribution in [0.25, 0.3) is 0 Å². The van der Waals surface area contributed by atoms with Crippen molar-refractivity contribution in [1.82, 2.24) is 0 Å². The molecule has 0 saturated carbocycles. The molecule has 2 N–H and O–H groups in total. The number of hydrogen-bond donors (Lipinski definition) is 1. The zero-order valence-corrected chi connectivity index (χ0v) is 11.4. The van der Waals surface area contributed by atoms with E-state index in [1.807, 2.05) is 24.3 Å². The second kappa shape index (κ2) is 4.78. The summed E-state index contributed by atoms with van der Waals surface area (Å²) in [6.45, 7) is 1.84. The molecule has 0 saturated heterocycles. The molecule has 3 rings (SSSR count). The molecule has 0 unspecified atom stereocenters. The first-order chi connectivity index (χ1) is 9.70. The van der Waals surface area contributed by atoms with Gasteiger partial charge >= 0.3 is 0 Å². The van der Waals surface area contributed by atoms with Gasteiger partial charge in [0.2, 0.25) is 0 Å². The molecule has 0 bridgehead atoms. The Bertz CT molecular complexity index is 687. The van der Waals surface area contributed by atoms with Crippen LogP contribution in [0.2, 0.25) is 0 Å². The number of fused-ring (bicyclic) bond motifs is 1. The van der Waals surface area contributed by atoms with E-state index < -0.39 is 0 Å². The fourth-order valence-electron chi connectivity index (χ4n) is 2.58. The van der Waals surface area contributed by atoms with Gasteiger partial charge in [-0.2, -0.15) is 5.26 Å². The van der Waals surface area contributed by atoms with Crippen LogP contribution in [0.3, 0.4) is 0 Å². The summed E-state index contributed by atoms with van der Waals surface area (Å²) in [6.07, 6.45) is 0. The summed E-state index contributed by atoms with van der Waals surface area (Å²) >= 11 is 0. The van der Waals surface area contributed by atoms with Crippen LogP contribution in [0.5, 0.6) is 0 Å². The number of rotatable bonds is 1. The zero-order valence-electron chi connectivity index (χ0n) is 11.4. The van der Waals surface area contributed by atoms with Crippen molar-refractivity contribution in [2.75, 3.05) is 35.7 Å². The van der Waals surface area contributed by atoms with Crippen molar-refractivity contribution in [2.45, 2.75) is 0 Å². The topological polar surface area (TPSA) is 56.3 Å². The molecule has 0 spiro atoms. The SMILES string of the molecule is CN1CCN(c2ccc(N)c(C#N)c2)c2ccccc21. The van der Waals surface area contributed by atoms with Crippen molar-refractivity contribution < 1.29 is 0 Å². The summed E-state index contributed by atoms with van der Waals surface area (Å²) in [6, 6.07) is 16.1. The second-order valence-corrected chi connectivity index (χ2v) is 4.95. The van der Waals surface area contributed by atoms with E-state index in [9.17, 15) is 0 Å². The molecular weight excluding hydrogens is 248 g/mol. The van der Waals surface area contributed by atoms with Crippen molar-refractivity contribution in [2.24, 2.45) is 0 Å². The maximum atomic E-state index is 9.12. The third-order valence-electron chi connectivity index (χ3n) is 3.71. The summed E-state index contributed by atoms with van der Waals surface area (Å²) in [7, 11) is 2.10. The van der Waals surface area contributed by atoms with Crippen LogP contribution < -0.4 is 15.5 Å². The normalized spacial score (nSPS) is 13.8. The average Bonchev–Trinajstić information content (AvgIpc) is 2.49. The summed E-state index contributed by atoms with van der Waals surface area (Å²) in [5.74, 6) is 0. The minimum Gasteiger partial charge on any atom is -0.398 e. The lowest BCUT2D eigenvalue weighted by Crippen LogP contribution is -2.36. The van der Waals surface area contributed by atoms with E-state index in [0.717, 1.165) is 24.5 Å². The van der Waals surface area contributed by atoms with Crippen molar-refractivity contribution in [3.8, 4) is 6.07 Å². The van der Waals surface area contributed by atoms with Gasteiger partial charge in [0.25, 0.3) is 0 Å². The number of para-hydroxylation sites is 2. The number of nitrogens with zero attached hydrogens (tertiary/aromatic N) is 3. The van der Waals surface area contributed by atoms with Gasteiger partial charge in [0.05, 0.1) is 16.9 Å². The van der Waals surface area contributed by atoms with E-state index in [0.29, 0.717) is 11.3 Å². The summed E-state index contributed by atoms with van der Waals surface area (Å²) in [4.78, 5) is 4.48. The highest BCUT2D eigenvalue weighted by Crippen LogP contribution is 2.37. The van der Waals surface area contributed by atoms with Crippen molar-refractivity contribution in [3.05, 3.63) is 48.0 Å². The van der Waals surface area contributed by atoms with Crippen LogP contribution in [0, 0.1) is 11.3 Å². The molecule has 1 aliphatic heterocycles. The Balaban J connectivity index is 2.08. The predicted molar refractivity (Wildman–Crippen MR) is 82.3 cm³/mol. The summed E-state index contributed by atoms with van der Waals surface area (Å²) in [5, 5.41) is 9.12. The largest absolute Gasteiger partial charge is 0.398 e. The van der Waals surface area contributed by atoms with E-state index in [1.54, 1.807) is 6.07 Å². The molecule has 0 aromatic heterocycles. The number of benzene rings is 2. The molecule has 1 aliphatic rings. The van der Waals surface area contributed by atoms with Gasteiger partial charge in [0.1, 0.15) is 6.07 Å². The molecule has 0 radical (unpaired) electrons. The Hall–Kier alpha value is -2.67. The Morgan fingerprint density at radius 2 is 1.85 bits per heavy atom. The number of hydrogen-bond acceptors (Lipinski definition) is 4. The van der Waals surface area contributed by atoms with Crippen LogP contribution in [-0.2, 0) is 0 Å². The van der Waals surface area contributed by atoms with Crippen molar-refractivity contribution in [3.63, 3.8) is 0 Å². The van der Waals surface area contributed by atoms with E-state index in [-0.39, 0.29) is 0 Å². The molecule has 0 aliphatic carbocycles. The van der Waals surface area contributed by atoms with Gasteiger partial charge < -0.3 is 15.5 Å². The monoisotopic (exact) mass is 264 g/mol.